The zero-order valence-corrected chi connectivity index (χ0v) is 14.5. The minimum absolute atomic E-state index is 0.232. The van der Waals surface area contributed by atoms with Gasteiger partial charge in [0.1, 0.15) is 4.47 Å². The molecular formula is C13H23BrN4O3. The van der Waals surface area contributed by atoms with Gasteiger partial charge in [-0.05, 0) is 36.9 Å². The standard InChI is InChI=1S/C13H23BrN4O3/c1-13(20,9-17(2)3)8-15-10-7-16-18(5-6-21-4)12(19)11(10)14/h7,15,20H,5-6,8-9H2,1-4H3. The number of methoxy groups -OCH3 is 1. The molecule has 1 unspecified atom stereocenters. The van der Waals surface area contributed by atoms with E-state index < -0.39 is 5.60 Å². The average molecular weight is 363 g/mol. The van der Waals surface area contributed by atoms with Crippen molar-refractivity contribution in [2.45, 2.75) is 19.1 Å². The molecule has 0 amide bonds. The first-order chi connectivity index (χ1) is 9.76. The second-order valence-electron chi connectivity index (χ2n) is 5.48. The molecule has 0 bridgehead atoms. The zero-order chi connectivity index (χ0) is 16.0. The molecule has 8 heteroatoms. The van der Waals surface area contributed by atoms with E-state index in [4.69, 9.17) is 4.74 Å². The van der Waals surface area contributed by atoms with Gasteiger partial charge >= 0.3 is 0 Å². The molecule has 120 valence electrons. The van der Waals surface area contributed by atoms with Crippen molar-refractivity contribution in [1.82, 2.24) is 14.7 Å². The molecule has 0 radical (unpaired) electrons. The molecule has 0 aromatic carbocycles. The molecule has 2 N–H and O–H groups in total. The lowest BCUT2D eigenvalue weighted by molar-refractivity contribution is 0.0459. The number of likely N-dealkylation sites (N-methyl/N-ethyl adjacent to an activating group) is 1. The predicted molar refractivity (Wildman–Crippen MR) is 85.7 cm³/mol. The second-order valence-corrected chi connectivity index (χ2v) is 6.27. The van der Waals surface area contributed by atoms with Crippen molar-refractivity contribution >= 4 is 21.6 Å². The lowest BCUT2D eigenvalue weighted by Crippen LogP contribution is -2.43. The van der Waals surface area contributed by atoms with Crippen LogP contribution in [-0.2, 0) is 11.3 Å². The number of anilines is 1. The molecule has 1 heterocycles. The molecule has 0 saturated heterocycles. The van der Waals surface area contributed by atoms with Gasteiger partial charge in [-0.15, -0.1) is 0 Å². The Morgan fingerprint density at radius 2 is 2.24 bits per heavy atom. The van der Waals surface area contributed by atoms with Crippen LogP contribution in [0.1, 0.15) is 6.92 Å². The van der Waals surface area contributed by atoms with E-state index in [-0.39, 0.29) is 5.56 Å². The molecule has 0 fully saturated rings. The third-order valence-corrected chi connectivity index (χ3v) is 3.57. The van der Waals surface area contributed by atoms with Gasteiger partial charge in [-0.1, -0.05) is 0 Å². The lowest BCUT2D eigenvalue weighted by Gasteiger charge is -2.27. The molecule has 0 saturated carbocycles. The van der Waals surface area contributed by atoms with E-state index in [0.29, 0.717) is 36.4 Å². The predicted octanol–water partition coefficient (Wildman–Crippen LogP) is 0.377. The monoisotopic (exact) mass is 362 g/mol. The highest BCUT2D eigenvalue weighted by Gasteiger charge is 2.21. The van der Waals surface area contributed by atoms with Gasteiger partial charge in [-0.25, -0.2) is 4.68 Å². The number of hydrogen-bond donors (Lipinski definition) is 2. The van der Waals surface area contributed by atoms with E-state index in [2.05, 4.69) is 26.3 Å². The Kier molecular flexibility index (Phi) is 6.79. The lowest BCUT2D eigenvalue weighted by atomic mass is 10.1. The van der Waals surface area contributed by atoms with Gasteiger partial charge in [-0.2, -0.15) is 5.10 Å². The fourth-order valence-electron chi connectivity index (χ4n) is 1.95. The number of hydrogen-bond acceptors (Lipinski definition) is 6. The summed E-state index contributed by atoms with van der Waals surface area (Å²) in [4.78, 5) is 14.0. The van der Waals surface area contributed by atoms with Crippen LogP contribution in [0.25, 0.3) is 0 Å². The van der Waals surface area contributed by atoms with Crippen LogP contribution < -0.4 is 10.9 Å². The third kappa shape index (κ3) is 5.74. The van der Waals surface area contributed by atoms with E-state index in [1.165, 1.54) is 4.68 Å². The number of halogens is 1. The SMILES string of the molecule is COCCn1ncc(NCC(C)(O)CN(C)C)c(Br)c1=O. The number of nitrogens with zero attached hydrogens (tertiary/aromatic N) is 3. The molecule has 1 aromatic rings. The van der Waals surface area contributed by atoms with Crippen LogP contribution in [0.2, 0.25) is 0 Å². The number of rotatable bonds is 8. The summed E-state index contributed by atoms with van der Waals surface area (Å²) in [6.45, 7) is 3.38. The number of nitrogens with one attached hydrogen (secondary N) is 1. The Bertz CT molecular complexity index is 517. The van der Waals surface area contributed by atoms with Crippen LogP contribution in [0, 0.1) is 0 Å². The smallest absolute Gasteiger partial charge is 0.283 e. The summed E-state index contributed by atoms with van der Waals surface area (Å²) < 4.78 is 6.66. The minimum atomic E-state index is -0.909. The van der Waals surface area contributed by atoms with Crippen LogP contribution in [0.15, 0.2) is 15.5 Å². The molecule has 21 heavy (non-hydrogen) atoms. The Balaban J connectivity index is 2.77. The van der Waals surface area contributed by atoms with Crippen LogP contribution >= 0.6 is 15.9 Å². The first-order valence-corrected chi connectivity index (χ1v) is 7.41. The van der Waals surface area contributed by atoms with Crippen molar-refractivity contribution in [3.8, 4) is 0 Å². The van der Waals surface area contributed by atoms with Gasteiger partial charge in [0.15, 0.2) is 0 Å². The molecule has 0 aliphatic carbocycles. The summed E-state index contributed by atoms with van der Waals surface area (Å²) in [5, 5.41) is 17.4. The van der Waals surface area contributed by atoms with Crippen LogP contribution in [0.5, 0.6) is 0 Å². The molecule has 0 spiro atoms. The highest BCUT2D eigenvalue weighted by atomic mass is 79.9. The molecule has 7 nitrogen and oxygen atoms in total. The van der Waals surface area contributed by atoms with Crippen LogP contribution in [0.3, 0.4) is 0 Å². The van der Waals surface area contributed by atoms with Crippen molar-refractivity contribution in [3.05, 3.63) is 21.0 Å². The highest BCUT2D eigenvalue weighted by Crippen LogP contribution is 2.17. The van der Waals surface area contributed by atoms with Gasteiger partial charge in [0.2, 0.25) is 0 Å². The Morgan fingerprint density at radius 1 is 1.57 bits per heavy atom. The highest BCUT2D eigenvalue weighted by molar-refractivity contribution is 9.10. The van der Waals surface area contributed by atoms with Crippen molar-refractivity contribution in [3.63, 3.8) is 0 Å². The van der Waals surface area contributed by atoms with E-state index >= 15 is 0 Å². The molecule has 0 aliphatic heterocycles. The van der Waals surface area contributed by atoms with E-state index in [1.807, 2.05) is 19.0 Å². The van der Waals surface area contributed by atoms with Crippen molar-refractivity contribution in [1.29, 1.82) is 0 Å². The molecular weight excluding hydrogens is 340 g/mol. The molecule has 1 rings (SSSR count). The molecule has 1 aromatic heterocycles. The Hall–Kier alpha value is -0.960. The largest absolute Gasteiger partial charge is 0.387 e. The Labute approximate surface area is 133 Å². The fourth-order valence-corrected chi connectivity index (χ4v) is 2.40. The quantitative estimate of drug-likeness (QED) is 0.695. The number of aliphatic hydroxyl groups is 1. The molecule has 0 aliphatic rings. The summed E-state index contributed by atoms with van der Waals surface area (Å²) in [6.07, 6.45) is 1.56. The van der Waals surface area contributed by atoms with Crippen molar-refractivity contribution in [2.75, 3.05) is 46.2 Å². The first kappa shape index (κ1) is 18.1. The van der Waals surface area contributed by atoms with Crippen molar-refractivity contribution < 1.29 is 9.84 Å². The van der Waals surface area contributed by atoms with Gasteiger partial charge in [0.05, 0.1) is 30.6 Å². The topological polar surface area (TPSA) is 79.6 Å². The van der Waals surface area contributed by atoms with E-state index in [1.54, 1.807) is 20.2 Å². The summed E-state index contributed by atoms with van der Waals surface area (Å²) in [5.41, 5.74) is -0.578. The van der Waals surface area contributed by atoms with Gasteiger partial charge < -0.3 is 20.1 Å². The van der Waals surface area contributed by atoms with Crippen LogP contribution in [0.4, 0.5) is 5.69 Å². The van der Waals surface area contributed by atoms with Crippen molar-refractivity contribution in [2.24, 2.45) is 0 Å². The first-order valence-electron chi connectivity index (χ1n) is 6.62. The maximum atomic E-state index is 12.1. The van der Waals surface area contributed by atoms with Gasteiger partial charge in [-0.3, -0.25) is 4.79 Å². The number of aromatic nitrogens is 2. The summed E-state index contributed by atoms with van der Waals surface area (Å²) in [6, 6.07) is 0. The molecule has 1 atom stereocenters. The third-order valence-electron chi connectivity index (χ3n) is 2.81. The summed E-state index contributed by atoms with van der Waals surface area (Å²) in [5.74, 6) is 0. The van der Waals surface area contributed by atoms with Gasteiger partial charge in [0, 0.05) is 20.2 Å². The summed E-state index contributed by atoms with van der Waals surface area (Å²) in [7, 11) is 5.36. The number of ether oxygens (including phenoxy) is 1. The van der Waals surface area contributed by atoms with E-state index in [9.17, 15) is 9.90 Å². The normalized spacial score (nSPS) is 14.2. The minimum Gasteiger partial charge on any atom is -0.387 e. The zero-order valence-electron chi connectivity index (χ0n) is 12.9. The van der Waals surface area contributed by atoms with Crippen LogP contribution in [-0.4, -0.2) is 66.3 Å². The fraction of sp³-hybridized carbons (Fsp3) is 0.692. The Morgan fingerprint density at radius 3 is 2.81 bits per heavy atom. The van der Waals surface area contributed by atoms with E-state index in [0.717, 1.165) is 0 Å². The maximum Gasteiger partial charge on any atom is 0.283 e. The average Bonchev–Trinajstić information content (AvgIpc) is 2.38. The van der Waals surface area contributed by atoms with Gasteiger partial charge in [0.25, 0.3) is 5.56 Å². The second kappa shape index (κ2) is 7.88. The summed E-state index contributed by atoms with van der Waals surface area (Å²) >= 11 is 3.27. The maximum absolute atomic E-state index is 12.1.